The molecule has 1 aliphatic heterocycles. The fraction of sp³-hybridized carbons (Fsp3) is 0.850. The lowest BCUT2D eigenvalue weighted by atomic mass is 9.47. The van der Waals surface area contributed by atoms with Gasteiger partial charge in [0.15, 0.2) is 0 Å². The molecule has 164 valence electrons. The molecule has 0 aromatic carbocycles. The summed E-state index contributed by atoms with van der Waals surface area (Å²) < 4.78 is 71.7. The highest BCUT2D eigenvalue weighted by molar-refractivity contribution is 7.87. The van der Waals surface area contributed by atoms with Gasteiger partial charge < -0.3 is 8.92 Å². The average molecular weight is 436 g/mol. The Kier molecular flexibility index (Phi) is 4.80. The fourth-order valence-electron chi connectivity index (χ4n) is 6.66. The molecule has 4 rings (SSSR count). The van der Waals surface area contributed by atoms with Crippen LogP contribution in [0.25, 0.3) is 0 Å². The first-order valence-corrected chi connectivity index (χ1v) is 11.7. The first-order valence-electron chi connectivity index (χ1n) is 10.3. The number of halogens is 3. The largest absolute Gasteiger partial charge is 0.534 e. The molecule has 3 aliphatic carbocycles. The SMILES string of the molecule is CC12CCC3C(CCC4COC(=O)CCC43C)C1CC=C2OS(=O)(=O)C(F)(F)F. The van der Waals surface area contributed by atoms with E-state index >= 15 is 0 Å². The van der Waals surface area contributed by atoms with Crippen LogP contribution < -0.4 is 0 Å². The third kappa shape index (κ3) is 3.18. The zero-order valence-corrected chi connectivity index (χ0v) is 17.4. The van der Waals surface area contributed by atoms with Crippen LogP contribution in [-0.4, -0.2) is 26.5 Å². The van der Waals surface area contributed by atoms with Crippen molar-refractivity contribution in [2.75, 3.05) is 6.61 Å². The van der Waals surface area contributed by atoms with Crippen LogP contribution in [0.3, 0.4) is 0 Å². The maximum Gasteiger partial charge on any atom is 0.534 e. The lowest BCUT2D eigenvalue weighted by molar-refractivity contribution is -0.144. The van der Waals surface area contributed by atoms with Gasteiger partial charge in [0, 0.05) is 11.8 Å². The summed E-state index contributed by atoms with van der Waals surface area (Å²) in [5.41, 5.74) is -6.18. The number of hydrogen-bond acceptors (Lipinski definition) is 5. The van der Waals surface area contributed by atoms with Crippen LogP contribution in [0.15, 0.2) is 11.8 Å². The van der Waals surface area contributed by atoms with Gasteiger partial charge in [0.25, 0.3) is 0 Å². The van der Waals surface area contributed by atoms with Gasteiger partial charge in [-0.15, -0.1) is 0 Å². The van der Waals surface area contributed by atoms with Gasteiger partial charge in [-0.25, -0.2) is 0 Å². The molecular formula is C20H27F3O5S. The van der Waals surface area contributed by atoms with E-state index in [1.54, 1.807) is 6.08 Å². The molecule has 0 N–H and O–H groups in total. The van der Waals surface area contributed by atoms with Gasteiger partial charge in [-0.2, -0.15) is 21.6 Å². The van der Waals surface area contributed by atoms with Gasteiger partial charge in [-0.1, -0.05) is 13.8 Å². The first-order chi connectivity index (χ1) is 13.4. The van der Waals surface area contributed by atoms with Crippen molar-refractivity contribution in [2.45, 2.75) is 64.3 Å². The van der Waals surface area contributed by atoms with Gasteiger partial charge in [-0.3, -0.25) is 4.79 Å². The van der Waals surface area contributed by atoms with Crippen LogP contribution >= 0.6 is 0 Å². The fourth-order valence-corrected chi connectivity index (χ4v) is 7.25. The molecular weight excluding hydrogens is 409 g/mol. The summed E-state index contributed by atoms with van der Waals surface area (Å²) in [5, 5.41) is 0. The highest BCUT2D eigenvalue weighted by atomic mass is 32.2. The Labute approximate surface area is 169 Å². The number of carbonyl (C=O) groups excluding carboxylic acids is 1. The summed E-state index contributed by atoms with van der Waals surface area (Å²) in [7, 11) is -5.66. The number of rotatable bonds is 2. The highest BCUT2D eigenvalue weighted by Gasteiger charge is 2.60. The molecule has 1 heterocycles. The van der Waals surface area contributed by atoms with E-state index in [-0.39, 0.29) is 29.0 Å². The van der Waals surface area contributed by atoms with Gasteiger partial charge in [0.2, 0.25) is 0 Å². The molecule has 29 heavy (non-hydrogen) atoms. The molecule has 0 amide bonds. The van der Waals surface area contributed by atoms with Crippen LogP contribution in [0, 0.1) is 34.5 Å². The molecule has 3 fully saturated rings. The second-order valence-corrected chi connectivity index (χ2v) is 11.1. The number of ether oxygens (including phenoxy) is 1. The number of hydrogen-bond donors (Lipinski definition) is 0. The molecule has 5 nitrogen and oxygen atoms in total. The predicted octanol–water partition coefficient (Wildman–Crippen LogP) is 4.54. The van der Waals surface area contributed by atoms with Crippen molar-refractivity contribution in [2.24, 2.45) is 34.5 Å². The third-order valence-electron chi connectivity index (χ3n) is 8.37. The zero-order valence-electron chi connectivity index (χ0n) is 16.6. The van der Waals surface area contributed by atoms with Gasteiger partial charge in [0.1, 0.15) is 5.76 Å². The third-order valence-corrected chi connectivity index (χ3v) is 9.34. The number of allylic oxidation sites excluding steroid dienone is 2. The van der Waals surface area contributed by atoms with Crippen LogP contribution in [0.2, 0.25) is 0 Å². The number of esters is 1. The summed E-state index contributed by atoms with van der Waals surface area (Å²) >= 11 is 0. The number of carbonyl (C=O) groups is 1. The van der Waals surface area contributed by atoms with Crippen LogP contribution in [-0.2, 0) is 23.8 Å². The van der Waals surface area contributed by atoms with Gasteiger partial charge in [-0.05, 0) is 73.7 Å². The van der Waals surface area contributed by atoms with E-state index in [9.17, 15) is 26.4 Å². The van der Waals surface area contributed by atoms with Crippen molar-refractivity contribution in [3.8, 4) is 0 Å². The van der Waals surface area contributed by atoms with Crippen LogP contribution in [0.5, 0.6) is 0 Å². The van der Waals surface area contributed by atoms with Crippen molar-refractivity contribution in [3.05, 3.63) is 11.8 Å². The predicted molar refractivity (Wildman–Crippen MR) is 97.6 cm³/mol. The van der Waals surface area contributed by atoms with E-state index < -0.39 is 21.0 Å². The summed E-state index contributed by atoms with van der Waals surface area (Å²) in [6.45, 7) is 4.51. The topological polar surface area (TPSA) is 69.7 Å². The molecule has 0 aromatic heterocycles. The second-order valence-electron chi connectivity index (χ2n) is 9.58. The molecule has 0 radical (unpaired) electrons. The van der Waals surface area contributed by atoms with Crippen molar-refractivity contribution in [3.63, 3.8) is 0 Å². The second kappa shape index (κ2) is 6.62. The number of fused-ring (bicyclic) bond motifs is 5. The monoisotopic (exact) mass is 436 g/mol. The minimum absolute atomic E-state index is 0.0436. The summed E-state index contributed by atoms with van der Waals surface area (Å²) in [6, 6.07) is 0. The molecule has 0 spiro atoms. The molecule has 2 saturated carbocycles. The molecule has 6 unspecified atom stereocenters. The van der Waals surface area contributed by atoms with Crippen LogP contribution in [0.1, 0.15) is 58.8 Å². The standard InChI is InChI=1S/C20H27F3O5S/c1-18-10-8-17(24)27-11-12(18)3-4-13-14-5-6-16(19(14,2)9-7-15(13)18)28-29(25,26)20(21,22)23/h6,12-15H,3-5,7-11H2,1-2H3. The Balaban J connectivity index is 1.58. The van der Waals surface area contributed by atoms with Crippen molar-refractivity contribution < 1.29 is 35.3 Å². The van der Waals surface area contributed by atoms with Crippen LogP contribution in [0.4, 0.5) is 13.2 Å². The molecule has 4 aliphatic rings. The Hall–Kier alpha value is -1.25. The molecule has 6 atom stereocenters. The van der Waals surface area contributed by atoms with E-state index in [4.69, 9.17) is 4.74 Å². The maximum absolute atomic E-state index is 12.8. The Bertz CT molecular complexity index is 836. The van der Waals surface area contributed by atoms with Gasteiger partial charge in [0.05, 0.1) is 6.61 Å². The zero-order chi connectivity index (χ0) is 21.2. The first kappa shape index (κ1) is 21.0. The van der Waals surface area contributed by atoms with E-state index in [1.807, 2.05) is 6.92 Å². The molecule has 0 bridgehead atoms. The van der Waals surface area contributed by atoms with E-state index in [1.165, 1.54) is 0 Å². The summed E-state index contributed by atoms with van der Waals surface area (Å²) in [4.78, 5) is 11.8. The number of alkyl halides is 3. The van der Waals surface area contributed by atoms with E-state index in [2.05, 4.69) is 11.1 Å². The van der Waals surface area contributed by atoms with E-state index in [0.29, 0.717) is 37.7 Å². The minimum atomic E-state index is -5.66. The van der Waals surface area contributed by atoms with Crippen molar-refractivity contribution in [1.82, 2.24) is 0 Å². The molecule has 1 saturated heterocycles. The summed E-state index contributed by atoms with van der Waals surface area (Å²) in [5.74, 6) is 0.765. The Morgan fingerprint density at radius 3 is 2.55 bits per heavy atom. The normalized spacial score (nSPS) is 42.7. The van der Waals surface area contributed by atoms with Crippen molar-refractivity contribution in [1.29, 1.82) is 0 Å². The van der Waals surface area contributed by atoms with Crippen molar-refractivity contribution >= 4 is 16.1 Å². The van der Waals surface area contributed by atoms with E-state index in [0.717, 1.165) is 25.7 Å². The highest BCUT2D eigenvalue weighted by Crippen LogP contribution is 2.65. The Morgan fingerprint density at radius 2 is 1.86 bits per heavy atom. The quantitative estimate of drug-likeness (QED) is 0.361. The van der Waals surface area contributed by atoms with Gasteiger partial charge >= 0.3 is 21.6 Å². The Morgan fingerprint density at radius 1 is 1.14 bits per heavy atom. The summed E-state index contributed by atoms with van der Waals surface area (Å²) in [6.07, 6.45) is 6.42. The number of cyclic esters (lactones) is 1. The maximum atomic E-state index is 12.8. The lowest BCUT2D eigenvalue weighted by Crippen LogP contribution is -2.52. The minimum Gasteiger partial charge on any atom is -0.465 e. The smallest absolute Gasteiger partial charge is 0.465 e. The molecule has 0 aromatic rings. The average Bonchev–Trinajstić information content (AvgIpc) is 2.85. The lowest BCUT2D eigenvalue weighted by Gasteiger charge is -2.58. The molecule has 9 heteroatoms.